The zero-order chi connectivity index (χ0) is 14.0. The molecule has 0 bridgehead atoms. The molecule has 2 aromatic carbocycles. The predicted molar refractivity (Wildman–Crippen MR) is 72.2 cm³/mol. The molecule has 0 unspecified atom stereocenters. The maximum absolute atomic E-state index is 13.2. The summed E-state index contributed by atoms with van der Waals surface area (Å²) >= 11 is 5.84. The number of aromatic hydroxyl groups is 1. The Kier molecular flexibility index (Phi) is 3.71. The van der Waals surface area contributed by atoms with Gasteiger partial charge in [-0.05, 0) is 36.8 Å². The normalized spacial score (nSPS) is 10.3. The molecule has 19 heavy (non-hydrogen) atoms. The van der Waals surface area contributed by atoms with E-state index < -0.39 is 11.6 Å². The molecular formula is C14H11ClFNO2. The van der Waals surface area contributed by atoms with Crippen molar-refractivity contribution in [3.05, 3.63) is 58.4 Å². The van der Waals surface area contributed by atoms with Gasteiger partial charge in [-0.3, -0.25) is 4.79 Å². The van der Waals surface area contributed by atoms with Gasteiger partial charge in [-0.2, -0.15) is 0 Å². The Bertz CT molecular complexity index is 643. The molecule has 0 saturated carbocycles. The summed E-state index contributed by atoms with van der Waals surface area (Å²) in [5.41, 5.74) is 1.45. The molecule has 98 valence electrons. The standard InChI is InChI=1S/C14H11ClFNO2/c1-8-2-3-9(15)6-11(8)14(19)17-10-4-5-13(18)12(16)7-10/h2-7,18H,1H3,(H,17,19). The fourth-order valence-electron chi connectivity index (χ4n) is 1.62. The van der Waals surface area contributed by atoms with Gasteiger partial charge in [-0.1, -0.05) is 17.7 Å². The van der Waals surface area contributed by atoms with Crippen molar-refractivity contribution in [2.24, 2.45) is 0 Å². The van der Waals surface area contributed by atoms with Gasteiger partial charge in [0.15, 0.2) is 11.6 Å². The van der Waals surface area contributed by atoms with Crippen LogP contribution in [0.25, 0.3) is 0 Å². The zero-order valence-electron chi connectivity index (χ0n) is 10.1. The van der Waals surface area contributed by atoms with Crippen molar-refractivity contribution in [2.45, 2.75) is 6.92 Å². The summed E-state index contributed by atoms with van der Waals surface area (Å²) in [7, 11) is 0. The highest BCUT2D eigenvalue weighted by Gasteiger charge is 2.11. The van der Waals surface area contributed by atoms with Gasteiger partial charge in [0.25, 0.3) is 5.91 Å². The van der Waals surface area contributed by atoms with Crippen LogP contribution in [0.5, 0.6) is 5.75 Å². The minimum Gasteiger partial charge on any atom is -0.505 e. The molecule has 1 amide bonds. The SMILES string of the molecule is Cc1ccc(Cl)cc1C(=O)Nc1ccc(O)c(F)c1. The van der Waals surface area contributed by atoms with E-state index in [9.17, 15) is 9.18 Å². The Balaban J connectivity index is 2.25. The molecule has 3 nitrogen and oxygen atoms in total. The van der Waals surface area contributed by atoms with E-state index >= 15 is 0 Å². The Morgan fingerprint density at radius 1 is 1.26 bits per heavy atom. The fourth-order valence-corrected chi connectivity index (χ4v) is 1.79. The number of carbonyl (C=O) groups excluding carboxylic acids is 1. The van der Waals surface area contributed by atoms with Crippen LogP contribution in [-0.4, -0.2) is 11.0 Å². The summed E-state index contributed by atoms with van der Waals surface area (Å²) in [6.07, 6.45) is 0. The summed E-state index contributed by atoms with van der Waals surface area (Å²) in [6, 6.07) is 8.60. The van der Waals surface area contributed by atoms with Crippen molar-refractivity contribution in [3.8, 4) is 5.75 Å². The summed E-state index contributed by atoms with van der Waals surface area (Å²) < 4.78 is 13.2. The minimum absolute atomic E-state index is 0.264. The zero-order valence-corrected chi connectivity index (χ0v) is 10.8. The summed E-state index contributed by atoms with van der Waals surface area (Å²) in [5.74, 6) is -1.64. The summed E-state index contributed by atoms with van der Waals surface area (Å²) in [5, 5.41) is 12.1. The molecule has 0 radical (unpaired) electrons. The number of halogens is 2. The van der Waals surface area contributed by atoms with Crippen LogP contribution in [0, 0.1) is 12.7 Å². The molecule has 0 heterocycles. The van der Waals surface area contributed by atoms with Crippen molar-refractivity contribution < 1.29 is 14.3 Å². The average Bonchev–Trinajstić information content (AvgIpc) is 2.36. The van der Waals surface area contributed by atoms with Crippen molar-refractivity contribution >= 4 is 23.2 Å². The number of aryl methyl sites for hydroxylation is 1. The van der Waals surface area contributed by atoms with Crippen LogP contribution in [-0.2, 0) is 0 Å². The van der Waals surface area contributed by atoms with E-state index in [0.29, 0.717) is 10.6 Å². The summed E-state index contributed by atoms with van der Waals surface area (Å²) in [6.45, 7) is 1.78. The molecule has 2 aromatic rings. The molecule has 0 aliphatic heterocycles. The molecular weight excluding hydrogens is 269 g/mol. The quantitative estimate of drug-likeness (QED) is 0.823. The Hall–Kier alpha value is -2.07. The largest absolute Gasteiger partial charge is 0.505 e. The van der Waals surface area contributed by atoms with Crippen molar-refractivity contribution in [1.29, 1.82) is 0 Å². The van der Waals surface area contributed by atoms with E-state index in [0.717, 1.165) is 11.6 Å². The molecule has 0 atom stereocenters. The first-order valence-corrected chi connectivity index (χ1v) is 5.91. The van der Waals surface area contributed by atoms with E-state index in [-0.39, 0.29) is 11.6 Å². The second kappa shape index (κ2) is 5.28. The van der Waals surface area contributed by atoms with E-state index in [4.69, 9.17) is 16.7 Å². The number of hydrogen-bond acceptors (Lipinski definition) is 2. The topological polar surface area (TPSA) is 49.3 Å². The van der Waals surface area contributed by atoms with Gasteiger partial charge in [0.2, 0.25) is 0 Å². The number of nitrogens with one attached hydrogen (secondary N) is 1. The number of hydrogen-bond donors (Lipinski definition) is 2. The first-order valence-electron chi connectivity index (χ1n) is 5.53. The van der Waals surface area contributed by atoms with E-state index in [1.807, 2.05) is 0 Å². The highest BCUT2D eigenvalue weighted by atomic mass is 35.5. The molecule has 0 aliphatic rings. The third-order valence-electron chi connectivity index (χ3n) is 2.65. The number of benzene rings is 2. The first kappa shape index (κ1) is 13.4. The fraction of sp³-hybridized carbons (Fsp3) is 0.0714. The number of phenols is 1. The van der Waals surface area contributed by atoms with Gasteiger partial charge in [-0.15, -0.1) is 0 Å². The van der Waals surface area contributed by atoms with Gasteiger partial charge in [0.05, 0.1) is 0 Å². The third kappa shape index (κ3) is 3.03. The molecule has 2 N–H and O–H groups in total. The van der Waals surface area contributed by atoms with E-state index in [1.54, 1.807) is 25.1 Å². The average molecular weight is 280 g/mol. The Labute approximate surface area is 114 Å². The Morgan fingerprint density at radius 2 is 2.00 bits per heavy atom. The lowest BCUT2D eigenvalue weighted by molar-refractivity contribution is 0.102. The van der Waals surface area contributed by atoms with Gasteiger partial charge in [-0.25, -0.2) is 4.39 Å². The van der Waals surface area contributed by atoms with Crippen molar-refractivity contribution in [2.75, 3.05) is 5.32 Å². The predicted octanol–water partition coefficient (Wildman–Crippen LogP) is 3.75. The van der Waals surface area contributed by atoms with Crippen LogP contribution in [0.15, 0.2) is 36.4 Å². The van der Waals surface area contributed by atoms with Gasteiger partial charge < -0.3 is 10.4 Å². The first-order chi connectivity index (χ1) is 8.97. The monoisotopic (exact) mass is 279 g/mol. The maximum atomic E-state index is 13.2. The Morgan fingerprint density at radius 3 is 2.68 bits per heavy atom. The smallest absolute Gasteiger partial charge is 0.255 e. The van der Waals surface area contributed by atoms with Gasteiger partial charge in [0.1, 0.15) is 0 Å². The summed E-state index contributed by atoms with van der Waals surface area (Å²) in [4.78, 5) is 12.0. The number of amides is 1. The lowest BCUT2D eigenvalue weighted by Gasteiger charge is -2.08. The second-order valence-corrected chi connectivity index (χ2v) is 4.52. The van der Waals surface area contributed by atoms with Crippen LogP contribution in [0.3, 0.4) is 0 Å². The van der Waals surface area contributed by atoms with Crippen LogP contribution in [0.4, 0.5) is 10.1 Å². The molecule has 0 aromatic heterocycles. The molecule has 2 rings (SSSR count). The molecule has 5 heteroatoms. The highest BCUT2D eigenvalue weighted by molar-refractivity contribution is 6.31. The third-order valence-corrected chi connectivity index (χ3v) is 2.88. The van der Waals surface area contributed by atoms with E-state index in [1.165, 1.54) is 12.1 Å². The lowest BCUT2D eigenvalue weighted by Crippen LogP contribution is -2.13. The van der Waals surface area contributed by atoms with Crippen LogP contribution in [0.2, 0.25) is 5.02 Å². The number of phenolic OH excluding ortho intramolecular Hbond substituents is 1. The van der Waals surface area contributed by atoms with Crippen molar-refractivity contribution in [3.63, 3.8) is 0 Å². The maximum Gasteiger partial charge on any atom is 0.255 e. The second-order valence-electron chi connectivity index (χ2n) is 4.08. The van der Waals surface area contributed by atoms with E-state index in [2.05, 4.69) is 5.32 Å². The van der Waals surface area contributed by atoms with Gasteiger partial charge in [0, 0.05) is 22.3 Å². The number of rotatable bonds is 2. The van der Waals surface area contributed by atoms with Crippen LogP contribution < -0.4 is 5.32 Å². The molecule has 0 aliphatic carbocycles. The molecule has 0 fully saturated rings. The number of carbonyl (C=O) groups is 1. The number of anilines is 1. The highest BCUT2D eigenvalue weighted by Crippen LogP contribution is 2.21. The van der Waals surface area contributed by atoms with Crippen LogP contribution in [0.1, 0.15) is 15.9 Å². The lowest BCUT2D eigenvalue weighted by atomic mass is 10.1. The minimum atomic E-state index is -0.791. The van der Waals surface area contributed by atoms with Crippen molar-refractivity contribution in [1.82, 2.24) is 0 Å². The molecule has 0 spiro atoms. The van der Waals surface area contributed by atoms with Crippen LogP contribution >= 0.6 is 11.6 Å². The van der Waals surface area contributed by atoms with Gasteiger partial charge >= 0.3 is 0 Å². The molecule has 0 saturated heterocycles.